The molecule has 1 aromatic carbocycles. The van der Waals surface area contributed by atoms with Gasteiger partial charge in [-0.05, 0) is 37.1 Å². The van der Waals surface area contributed by atoms with Gasteiger partial charge in [-0.1, -0.05) is 34.9 Å². The number of rotatable bonds is 8. The molecule has 1 aliphatic rings. The number of thiophene rings is 1. The van der Waals surface area contributed by atoms with Crippen LogP contribution in [0.4, 0.5) is 6.01 Å². The van der Waals surface area contributed by atoms with E-state index in [1.54, 1.807) is 17.8 Å². The monoisotopic (exact) mass is 512 g/mol. The molecule has 0 spiro atoms. The first-order valence-electron chi connectivity index (χ1n) is 9.98. The summed E-state index contributed by atoms with van der Waals surface area (Å²) in [5.41, 5.74) is 0. The molecule has 1 fully saturated rings. The summed E-state index contributed by atoms with van der Waals surface area (Å²) in [5.74, 6) is 0.369. The van der Waals surface area contributed by atoms with Crippen molar-refractivity contribution in [1.29, 1.82) is 0 Å². The van der Waals surface area contributed by atoms with Crippen molar-refractivity contribution in [3.05, 3.63) is 52.7 Å². The molecule has 1 saturated heterocycles. The van der Waals surface area contributed by atoms with Crippen LogP contribution in [-0.2, 0) is 21.2 Å². The SMILES string of the molecule is O=C(Nc1nnc(CCSc2ccccc2)o1)C1CCCN(S(=O)(=O)c2ccc(Cl)s2)C1. The van der Waals surface area contributed by atoms with E-state index in [0.29, 0.717) is 36.0 Å². The van der Waals surface area contributed by atoms with Crippen LogP contribution < -0.4 is 5.32 Å². The minimum atomic E-state index is -3.68. The van der Waals surface area contributed by atoms with Gasteiger partial charge in [0.25, 0.3) is 10.0 Å². The molecule has 1 N–H and O–H groups in total. The number of carbonyl (C=O) groups excluding carboxylic acids is 1. The Bertz CT molecular complexity index is 1170. The van der Waals surface area contributed by atoms with Gasteiger partial charge < -0.3 is 4.42 Å². The Morgan fingerprint density at radius 1 is 1.25 bits per heavy atom. The second-order valence-electron chi connectivity index (χ2n) is 7.16. The molecule has 0 bridgehead atoms. The van der Waals surface area contributed by atoms with Crippen LogP contribution in [-0.4, -0.2) is 47.7 Å². The molecule has 1 unspecified atom stereocenters. The van der Waals surface area contributed by atoms with Crippen LogP contribution >= 0.6 is 34.7 Å². The van der Waals surface area contributed by atoms with Gasteiger partial charge in [0.15, 0.2) is 0 Å². The molecule has 0 radical (unpaired) electrons. The lowest BCUT2D eigenvalue weighted by atomic mass is 9.99. The Hall–Kier alpha value is -1.92. The zero-order valence-electron chi connectivity index (χ0n) is 16.9. The Kier molecular flexibility index (Phi) is 7.51. The number of aromatic nitrogens is 2. The van der Waals surface area contributed by atoms with Crippen LogP contribution in [0, 0.1) is 5.92 Å². The van der Waals surface area contributed by atoms with Crippen molar-refractivity contribution in [2.75, 3.05) is 24.2 Å². The minimum Gasteiger partial charge on any atom is -0.408 e. The average molecular weight is 513 g/mol. The first-order valence-corrected chi connectivity index (χ1v) is 13.6. The predicted molar refractivity (Wildman–Crippen MR) is 125 cm³/mol. The number of sulfonamides is 1. The van der Waals surface area contributed by atoms with Crippen molar-refractivity contribution in [2.24, 2.45) is 5.92 Å². The minimum absolute atomic E-state index is 0.0275. The Balaban J connectivity index is 1.31. The van der Waals surface area contributed by atoms with Gasteiger partial charge in [0.05, 0.1) is 10.3 Å². The smallest absolute Gasteiger partial charge is 0.322 e. The lowest BCUT2D eigenvalue weighted by Crippen LogP contribution is -2.43. The van der Waals surface area contributed by atoms with Gasteiger partial charge >= 0.3 is 6.01 Å². The molecule has 2 aromatic heterocycles. The van der Waals surface area contributed by atoms with Crippen molar-refractivity contribution >= 4 is 56.6 Å². The van der Waals surface area contributed by atoms with Crippen LogP contribution in [0.1, 0.15) is 18.7 Å². The summed E-state index contributed by atoms with van der Waals surface area (Å²) in [4.78, 5) is 13.9. The summed E-state index contributed by atoms with van der Waals surface area (Å²) in [6.07, 6.45) is 1.74. The molecule has 3 aromatic rings. The lowest BCUT2D eigenvalue weighted by molar-refractivity contribution is -0.121. The second-order valence-corrected chi connectivity index (χ2v) is 12.2. The Labute approximate surface area is 199 Å². The average Bonchev–Trinajstić information content (AvgIpc) is 3.44. The first-order chi connectivity index (χ1) is 15.4. The van der Waals surface area contributed by atoms with E-state index < -0.39 is 15.9 Å². The molecule has 170 valence electrons. The number of hydrogen-bond donors (Lipinski definition) is 1. The Morgan fingerprint density at radius 2 is 2.06 bits per heavy atom. The summed E-state index contributed by atoms with van der Waals surface area (Å²) >= 11 is 8.57. The number of thioether (sulfide) groups is 1. The molecule has 1 amide bonds. The largest absolute Gasteiger partial charge is 0.408 e. The number of aryl methyl sites for hydroxylation is 1. The van der Waals surface area contributed by atoms with Crippen LogP contribution in [0.25, 0.3) is 0 Å². The van der Waals surface area contributed by atoms with E-state index in [1.807, 2.05) is 30.3 Å². The van der Waals surface area contributed by atoms with Gasteiger partial charge in [-0.3, -0.25) is 10.1 Å². The highest BCUT2D eigenvalue weighted by atomic mass is 35.5. The highest BCUT2D eigenvalue weighted by Gasteiger charge is 2.34. The molecule has 0 aliphatic carbocycles. The van der Waals surface area contributed by atoms with Gasteiger partial charge in [-0.2, -0.15) is 4.31 Å². The summed E-state index contributed by atoms with van der Waals surface area (Å²) in [6, 6.07) is 13.1. The van der Waals surface area contributed by atoms with Gasteiger partial charge in [0, 0.05) is 30.2 Å². The maximum Gasteiger partial charge on any atom is 0.322 e. The van der Waals surface area contributed by atoms with Crippen molar-refractivity contribution < 1.29 is 17.6 Å². The van der Waals surface area contributed by atoms with Gasteiger partial charge in [-0.15, -0.1) is 28.2 Å². The fourth-order valence-corrected chi connectivity index (χ4v) is 7.35. The molecule has 1 atom stereocenters. The zero-order chi connectivity index (χ0) is 22.6. The standard InChI is InChI=1S/C20H21ClN4O4S3/c21-16-8-9-18(31-16)32(27,28)25-11-4-5-14(13-25)19(26)22-20-24-23-17(29-20)10-12-30-15-6-2-1-3-7-15/h1-3,6-9,14H,4-5,10-13H2,(H,22,24,26). The number of benzene rings is 1. The van der Waals surface area contributed by atoms with Crippen LogP contribution in [0.3, 0.4) is 0 Å². The van der Waals surface area contributed by atoms with E-state index in [9.17, 15) is 13.2 Å². The molecule has 32 heavy (non-hydrogen) atoms. The number of halogens is 1. The highest BCUT2D eigenvalue weighted by molar-refractivity contribution is 7.99. The van der Waals surface area contributed by atoms with E-state index in [4.69, 9.17) is 16.0 Å². The number of carbonyl (C=O) groups is 1. The molecule has 3 heterocycles. The molecular weight excluding hydrogens is 492 g/mol. The van der Waals surface area contributed by atoms with Gasteiger partial charge in [0.1, 0.15) is 4.21 Å². The third-order valence-corrected chi connectivity index (χ3v) is 9.50. The molecule has 0 saturated carbocycles. The summed E-state index contributed by atoms with van der Waals surface area (Å²) in [7, 11) is -3.68. The van der Waals surface area contributed by atoms with E-state index >= 15 is 0 Å². The van der Waals surface area contributed by atoms with E-state index in [-0.39, 0.29) is 22.7 Å². The molecular formula is C20H21ClN4O4S3. The van der Waals surface area contributed by atoms with Crippen LogP contribution in [0.15, 0.2) is 56.0 Å². The number of nitrogens with zero attached hydrogens (tertiary/aromatic N) is 3. The maximum atomic E-state index is 12.8. The topological polar surface area (TPSA) is 105 Å². The first kappa shape index (κ1) is 23.2. The predicted octanol–water partition coefficient (Wildman–Crippen LogP) is 4.16. The molecule has 12 heteroatoms. The van der Waals surface area contributed by atoms with E-state index in [0.717, 1.165) is 22.0 Å². The summed E-state index contributed by atoms with van der Waals surface area (Å²) in [5, 5.41) is 10.5. The van der Waals surface area contributed by atoms with Crippen LogP contribution in [0.2, 0.25) is 4.34 Å². The van der Waals surface area contributed by atoms with Gasteiger partial charge in [0.2, 0.25) is 11.8 Å². The maximum absolute atomic E-state index is 12.8. The van der Waals surface area contributed by atoms with E-state index in [1.165, 1.54) is 10.4 Å². The van der Waals surface area contributed by atoms with Crippen molar-refractivity contribution in [3.8, 4) is 0 Å². The van der Waals surface area contributed by atoms with Crippen molar-refractivity contribution in [1.82, 2.24) is 14.5 Å². The number of hydrogen-bond acceptors (Lipinski definition) is 8. The quantitative estimate of drug-likeness (QED) is 0.452. The van der Waals surface area contributed by atoms with Gasteiger partial charge in [-0.25, -0.2) is 8.42 Å². The summed E-state index contributed by atoms with van der Waals surface area (Å²) in [6.45, 7) is 0.462. The molecule has 1 aliphatic heterocycles. The summed E-state index contributed by atoms with van der Waals surface area (Å²) < 4.78 is 33.1. The van der Waals surface area contributed by atoms with Crippen molar-refractivity contribution in [3.63, 3.8) is 0 Å². The Morgan fingerprint density at radius 3 is 2.81 bits per heavy atom. The fourth-order valence-electron chi connectivity index (χ4n) is 3.32. The number of nitrogens with one attached hydrogen (secondary N) is 1. The molecule has 8 nitrogen and oxygen atoms in total. The third kappa shape index (κ3) is 5.70. The van der Waals surface area contributed by atoms with Crippen molar-refractivity contribution in [2.45, 2.75) is 28.4 Å². The molecule has 4 rings (SSSR count). The number of amides is 1. The number of piperidine rings is 1. The second kappa shape index (κ2) is 10.3. The zero-order valence-corrected chi connectivity index (χ0v) is 20.1. The van der Waals surface area contributed by atoms with Crippen LogP contribution in [0.5, 0.6) is 0 Å². The normalized spacial score (nSPS) is 17.3. The fraction of sp³-hybridized carbons (Fsp3) is 0.350. The third-order valence-electron chi connectivity index (χ3n) is 4.92. The number of anilines is 1. The lowest BCUT2D eigenvalue weighted by Gasteiger charge is -2.30. The highest BCUT2D eigenvalue weighted by Crippen LogP contribution is 2.31. The van der Waals surface area contributed by atoms with E-state index in [2.05, 4.69) is 15.5 Å².